The van der Waals surface area contributed by atoms with Crippen LogP contribution in [0, 0.1) is 5.82 Å². The van der Waals surface area contributed by atoms with Crippen LogP contribution in [0.1, 0.15) is 11.1 Å². The molecule has 0 saturated heterocycles. The number of aryl methyl sites for hydroxylation is 1. The summed E-state index contributed by atoms with van der Waals surface area (Å²) in [6, 6.07) is 14.2. The van der Waals surface area contributed by atoms with Crippen LogP contribution in [0.2, 0.25) is 5.02 Å². The summed E-state index contributed by atoms with van der Waals surface area (Å²) in [5.74, 6) is -0.165. The average molecular weight is 445 g/mol. The Labute approximate surface area is 180 Å². The van der Waals surface area contributed by atoms with Gasteiger partial charge in [-0.15, -0.1) is 0 Å². The first-order valence-corrected chi connectivity index (χ1v) is 10.5. The van der Waals surface area contributed by atoms with Crippen LogP contribution in [0.3, 0.4) is 0 Å². The third kappa shape index (κ3) is 3.57. The molecule has 6 nitrogen and oxygen atoms in total. The molecule has 4 rings (SSSR count). The molecular weight excluding hydrogens is 427 g/mol. The first-order valence-electron chi connectivity index (χ1n) is 9.14. The molecule has 0 bridgehead atoms. The van der Waals surface area contributed by atoms with Crippen LogP contribution in [0.15, 0.2) is 63.3 Å². The summed E-state index contributed by atoms with van der Waals surface area (Å²) in [5, 5.41) is 0.836. The van der Waals surface area contributed by atoms with Gasteiger partial charge in [-0.1, -0.05) is 59.8 Å². The Kier molecular flexibility index (Phi) is 5.53. The minimum atomic E-state index is -0.453. The monoisotopic (exact) mass is 444 g/mol. The number of hydrogen-bond donors (Lipinski definition) is 0. The first kappa shape index (κ1) is 20.4. The van der Waals surface area contributed by atoms with Gasteiger partial charge in [0.05, 0.1) is 6.54 Å². The molecule has 0 aliphatic carbocycles. The third-order valence-electron chi connectivity index (χ3n) is 4.90. The van der Waals surface area contributed by atoms with Crippen LogP contribution < -0.4 is 11.2 Å². The zero-order chi connectivity index (χ0) is 21.4. The van der Waals surface area contributed by atoms with Crippen molar-refractivity contribution < 1.29 is 4.39 Å². The summed E-state index contributed by atoms with van der Waals surface area (Å²) in [5.41, 5.74) is 1.08. The Morgan fingerprint density at radius 3 is 2.47 bits per heavy atom. The van der Waals surface area contributed by atoms with E-state index in [0.29, 0.717) is 33.5 Å². The number of imidazole rings is 1. The van der Waals surface area contributed by atoms with Crippen molar-refractivity contribution >= 4 is 34.5 Å². The lowest BCUT2D eigenvalue weighted by Crippen LogP contribution is -2.37. The lowest BCUT2D eigenvalue weighted by Gasteiger charge is -2.10. The fourth-order valence-corrected chi connectivity index (χ4v) is 4.59. The van der Waals surface area contributed by atoms with Gasteiger partial charge in [-0.2, -0.15) is 0 Å². The van der Waals surface area contributed by atoms with E-state index in [0.717, 1.165) is 10.1 Å². The highest BCUT2D eigenvalue weighted by Crippen LogP contribution is 2.30. The molecule has 0 spiro atoms. The highest BCUT2D eigenvalue weighted by molar-refractivity contribution is 7.98. The predicted molar refractivity (Wildman–Crippen MR) is 117 cm³/mol. The van der Waals surface area contributed by atoms with Gasteiger partial charge in [0.25, 0.3) is 5.56 Å². The van der Waals surface area contributed by atoms with E-state index in [4.69, 9.17) is 11.6 Å². The van der Waals surface area contributed by atoms with Crippen molar-refractivity contribution in [3.63, 3.8) is 0 Å². The molecule has 30 heavy (non-hydrogen) atoms. The molecule has 2 aromatic heterocycles. The maximum absolute atomic E-state index is 14.2. The summed E-state index contributed by atoms with van der Waals surface area (Å²) in [6.07, 6.45) is 0. The number of halogens is 2. The number of fused-ring (bicyclic) bond motifs is 1. The van der Waals surface area contributed by atoms with E-state index in [2.05, 4.69) is 4.98 Å². The zero-order valence-corrected chi connectivity index (χ0v) is 17.9. The Balaban J connectivity index is 1.86. The molecule has 0 atom stereocenters. The normalized spacial score (nSPS) is 11.3. The van der Waals surface area contributed by atoms with Crippen LogP contribution in [0.5, 0.6) is 0 Å². The van der Waals surface area contributed by atoms with Gasteiger partial charge in [0, 0.05) is 30.4 Å². The van der Waals surface area contributed by atoms with E-state index >= 15 is 0 Å². The van der Waals surface area contributed by atoms with Gasteiger partial charge in [0.15, 0.2) is 16.3 Å². The van der Waals surface area contributed by atoms with Gasteiger partial charge in [-0.05, 0) is 17.7 Å². The molecule has 2 aromatic carbocycles. The largest absolute Gasteiger partial charge is 0.332 e. The maximum Gasteiger partial charge on any atom is 0.332 e. The lowest BCUT2D eigenvalue weighted by molar-refractivity contribution is 0.617. The summed E-state index contributed by atoms with van der Waals surface area (Å²) >= 11 is 7.42. The number of nitrogens with zero attached hydrogens (tertiary/aromatic N) is 4. The first-order chi connectivity index (χ1) is 14.4. The van der Waals surface area contributed by atoms with Crippen molar-refractivity contribution in [1.29, 1.82) is 0 Å². The average Bonchev–Trinajstić information content (AvgIpc) is 3.09. The number of benzene rings is 2. The predicted octanol–water partition coefficient (Wildman–Crippen LogP) is 3.57. The highest BCUT2D eigenvalue weighted by Gasteiger charge is 2.20. The Hall–Kier alpha value is -2.84. The molecular formula is C21H18ClFN4O2S. The Bertz CT molecular complexity index is 1340. The van der Waals surface area contributed by atoms with Crippen molar-refractivity contribution in [3.8, 4) is 0 Å². The smallest absolute Gasteiger partial charge is 0.309 e. The number of rotatable bonds is 5. The molecule has 9 heteroatoms. The van der Waals surface area contributed by atoms with Gasteiger partial charge in [0.2, 0.25) is 0 Å². The Morgan fingerprint density at radius 2 is 1.77 bits per heavy atom. The summed E-state index contributed by atoms with van der Waals surface area (Å²) < 4.78 is 18.4. The van der Waals surface area contributed by atoms with Crippen molar-refractivity contribution in [1.82, 2.24) is 18.7 Å². The molecule has 4 aromatic rings. The fraction of sp³-hybridized carbons (Fsp3) is 0.190. The second kappa shape index (κ2) is 8.12. The summed E-state index contributed by atoms with van der Waals surface area (Å²) in [6.45, 7) is 0.387. The SMILES string of the molecule is Cn1c(=O)c2c(nc(SCc3c(F)cccc3Cl)n2Cc2ccccc2)n(C)c1=O. The van der Waals surface area contributed by atoms with Gasteiger partial charge in [0.1, 0.15) is 5.82 Å². The second-order valence-corrected chi connectivity index (χ2v) is 8.18. The van der Waals surface area contributed by atoms with Crippen molar-refractivity contribution in [2.75, 3.05) is 0 Å². The van der Waals surface area contributed by atoms with E-state index in [-0.39, 0.29) is 5.75 Å². The fourth-order valence-electron chi connectivity index (χ4n) is 3.26. The zero-order valence-electron chi connectivity index (χ0n) is 16.3. The second-order valence-electron chi connectivity index (χ2n) is 6.83. The number of hydrogen-bond acceptors (Lipinski definition) is 4. The van der Waals surface area contributed by atoms with Gasteiger partial charge < -0.3 is 4.57 Å². The minimum Gasteiger partial charge on any atom is -0.309 e. The number of thioether (sulfide) groups is 1. The van der Waals surface area contributed by atoms with Gasteiger partial charge in [-0.25, -0.2) is 14.2 Å². The van der Waals surface area contributed by atoms with Crippen molar-refractivity contribution in [2.45, 2.75) is 17.5 Å². The molecule has 0 aliphatic heterocycles. The molecule has 0 radical (unpaired) electrons. The minimum absolute atomic E-state index is 0.234. The maximum atomic E-state index is 14.2. The van der Waals surface area contributed by atoms with Crippen LogP contribution in [-0.2, 0) is 26.4 Å². The molecule has 0 unspecified atom stereocenters. The molecule has 0 saturated carbocycles. The molecule has 154 valence electrons. The van der Waals surface area contributed by atoms with Gasteiger partial charge >= 0.3 is 5.69 Å². The van der Waals surface area contributed by atoms with E-state index in [1.165, 1.54) is 29.4 Å². The van der Waals surface area contributed by atoms with E-state index in [1.54, 1.807) is 23.7 Å². The summed E-state index contributed by atoms with van der Waals surface area (Å²) in [7, 11) is 3.02. The van der Waals surface area contributed by atoms with Crippen molar-refractivity contribution in [2.24, 2.45) is 14.1 Å². The van der Waals surface area contributed by atoms with Crippen molar-refractivity contribution in [3.05, 3.63) is 91.3 Å². The standard InChI is InChI=1S/C21H18ClFN4O2S/c1-25-18-17(19(28)26(2)21(25)29)27(11-13-7-4-3-5-8-13)20(24-18)30-12-14-15(22)9-6-10-16(14)23/h3-10H,11-12H2,1-2H3. The third-order valence-corrected chi connectivity index (χ3v) is 6.26. The van der Waals surface area contributed by atoms with Crippen LogP contribution >= 0.6 is 23.4 Å². The molecule has 0 fully saturated rings. The quantitative estimate of drug-likeness (QED) is 0.441. The Morgan fingerprint density at radius 1 is 1.03 bits per heavy atom. The van der Waals surface area contributed by atoms with E-state index in [1.807, 2.05) is 30.3 Å². The number of aromatic nitrogens is 4. The molecule has 0 N–H and O–H groups in total. The lowest BCUT2D eigenvalue weighted by atomic mass is 10.2. The molecule has 0 aliphatic rings. The molecule has 0 amide bonds. The van der Waals surface area contributed by atoms with E-state index in [9.17, 15) is 14.0 Å². The van der Waals surface area contributed by atoms with Crippen LogP contribution in [-0.4, -0.2) is 18.7 Å². The highest BCUT2D eigenvalue weighted by atomic mass is 35.5. The van der Waals surface area contributed by atoms with Crippen LogP contribution in [0.25, 0.3) is 11.2 Å². The summed E-state index contributed by atoms with van der Waals surface area (Å²) in [4.78, 5) is 29.8. The van der Waals surface area contributed by atoms with Gasteiger partial charge in [-0.3, -0.25) is 13.9 Å². The topological polar surface area (TPSA) is 61.8 Å². The molecule has 2 heterocycles. The van der Waals surface area contributed by atoms with E-state index < -0.39 is 17.1 Å². The van der Waals surface area contributed by atoms with Crippen LogP contribution in [0.4, 0.5) is 4.39 Å².